The number of esters is 1. The first kappa shape index (κ1) is 17.7. The Balaban J connectivity index is 2.76. The van der Waals surface area contributed by atoms with Crippen LogP contribution in [0.4, 0.5) is 0 Å². The third kappa shape index (κ3) is 6.27. The second-order valence-electron chi connectivity index (χ2n) is 4.53. The lowest BCUT2D eigenvalue weighted by Crippen LogP contribution is -2.37. The van der Waals surface area contributed by atoms with Gasteiger partial charge in [-0.15, -0.1) is 0 Å². The third-order valence-corrected chi connectivity index (χ3v) is 3.82. The van der Waals surface area contributed by atoms with E-state index >= 15 is 0 Å². The van der Waals surface area contributed by atoms with E-state index < -0.39 is 19.8 Å². The van der Waals surface area contributed by atoms with Gasteiger partial charge >= 0.3 is 13.7 Å². The lowest BCUT2D eigenvalue weighted by molar-refractivity contribution is -0.149. The molecule has 0 fully saturated rings. The molecule has 7 nitrogen and oxygen atoms in total. The molecule has 0 radical (unpaired) electrons. The summed E-state index contributed by atoms with van der Waals surface area (Å²) in [6.07, 6.45) is -0.263. The summed E-state index contributed by atoms with van der Waals surface area (Å²) in [5.41, 5.74) is 2.31. The van der Waals surface area contributed by atoms with Gasteiger partial charge in [0.25, 0.3) is 0 Å². The highest BCUT2D eigenvalue weighted by atomic mass is 31.2. The van der Waals surface area contributed by atoms with Crippen LogP contribution in [0.3, 0.4) is 0 Å². The first-order valence-electron chi connectivity index (χ1n) is 6.54. The smallest absolute Gasteiger partial charge is 0.462 e. The molecule has 1 rings (SSSR count). The highest BCUT2D eigenvalue weighted by molar-refractivity contribution is 7.52. The van der Waals surface area contributed by atoms with Crippen LogP contribution < -0.4 is 15.1 Å². The number of hydroxylamine groups is 1. The topological polar surface area (TPSA) is 85.9 Å². The maximum absolute atomic E-state index is 12.6. The number of nitrogens with one attached hydrogen (secondary N) is 2. The molecule has 0 saturated carbocycles. The van der Waals surface area contributed by atoms with Crippen molar-refractivity contribution in [2.24, 2.45) is 0 Å². The maximum atomic E-state index is 12.6. The summed E-state index contributed by atoms with van der Waals surface area (Å²) in [5.74, 6) is -0.186. The van der Waals surface area contributed by atoms with Gasteiger partial charge in [-0.2, -0.15) is 15.2 Å². The van der Waals surface area contributed by atoms with Crippen LogP contribution in [0.1, 0.15) is 20.8 Å². The minimum absolute atomic E-state index is 0.263. The maximum Gasteiger partial charge on any atom is 0.475 e. The normalized spacial score (nSPS) is 15.3. The molecular weight excluding hydrogens is 295 g/mol. The average Bonchev–Trinajstić information content (AvgIpc) is 2.38. The summed E-state index contributed by atoms with van der Waals surface area (Å²) in [7, 11) is -2.31. The number of ether oxygens (including phenoxy) is 1. The lowest BCUT2D eigenvalue weighted by Gasteiger charge is -2.22. The predicted octanol–water partition coefficient (Wildman–Crippen LogP) is 2.25. The largest absolute Gasteiger partial charge is 0.475 e. The minimum atomic E-state index is -3.76. The third-order valence-electron chi connectivity index (χ3n) is 2.24. The van der Waals surface area contributed by atoms with Crippen LogP contribution in [-0.2, 0) is 18.7 Å². The summed E-state index contributed by atoms with van der Waals surface area (Å²) in [6.45, 7) is 4.98. The molecule has 0 aliphatic carbocycles. The molecule has 0 aliphatic heterocycles. The van der Waals surface area contributed by atoms with E-state index in [-0.39, 0.29) is 6.10 Å². The molecule has 1 aromatic carbocycles. The number of hydrogen-bond donors (Lipinski definition) is 2. The SMILES string of the molecule is CNOP(=O)(N[C@H](C)C(=O)OC(C)C)Oc1ccccc1. The van der Waals surface area contributed by atoms with Gasteiger partial charge < -0.3 is 9.26 Å². The Kier molecular flexibility index (Phi) is 6.84. The van der Waals surface area contributed by atoms with Crippen molar-refractivity contribution in [2.75, 3.05) is 7.05 Å². The molecule has 2 N–H and O–H groups in total. The molecule has 1 aromatic rings. The molecule has 0 spiro atoms. The van der Waals surface area contributed by atoms with E-state index in [0.29, 0.717) is 5.75 Å². The Hall–Kier alpha value is -1.40. The van der Waals surface area contributed by atoms with E-state index in [1.165, 1.54) is 14.0 Å². The first-order chi connectivity index (χ1) is 9.86. The first-order valence-corrected chi connectivity index (χ1v) is 8.09. The molecule has 0 saturated heterocycles. The highest BCUT2D eigenvalue weighted by Crippen LogP contribution is 2.43. The minimum Gasteiger partial charge on any atom is -0.462 e. The van der Waals surface area contributed by atoms with Crippen molar-refractivity contribution in [2.45, 2.75) is 32.9 Å². The van der Waals surface area contributed by atoms with Crippen LogP contribution in [0, 0.1) is 0 Å². The lowest BCUT2D eigenvalue weighted by atomic mass is 10.3. The van der Waals surface area contributed by atoms with Crippen molar-refractivity contribution in [3.05, 3.63) is 30.3 Å². The number of carbonyl (C=O) groups is 1. The quantitative estimate of drug-likeness (QED) is 0.432. The Morgan fingerprint density at radius 1 is 1.19 bits per heavy atom. The monoisotopic (exact) mass is 316 g/mol. The van der Waals surface area contributed by atoms with Gasteiger partial charge in [-0.3, -0.25) is 4.79 Å². The summed E-state index contributed by atoms with van der Waals surface area (Å²) >= 11 is 0. The molecule has 2 atom stereocenters. The molecule has 0 amide bonds. The number of benzene rings is 1. The van der Waals surface area contributed by atoms with Crippen molar-refractivity contribution in [1.82, 2.24) is 10.6 Å². The highest BCUT2D eigenvalue weighted by Gasteiger charge is 2.32. The Morgan fingerprint density at radius 2 is 1.81 bits per heavy atom. The van der Waals surface area contributed by atoms with Crippen LogP contribution in [0.25, 0.3) is 0 Å². The van der Waals surface area contributed by atoms with Crippen molar-refractivity contribution in [3.63, 3.8) is 0 Å². The number of carbonyl (C=O) groups excluding carboxylic acids is 1. The zero-order chi connectivity index (χ0) is 15.9. The molecule has 1 unspecified atom stereocenters. The molecule has 8 heteroatoms. The van der Waals surface area contributed by atoms with E-state index in [1.807, 2.05) is 0 Å². The van der Waals surface area contributed by atoms with Gasteiger partial charge in [-0.05, 0) is 32.9 Å². The Labute approximate surface area is 124 Å². The van der Waals surface area contributed by atoms with Crippen LogP contribution in [0.2, 0.25) is 0 Å². The van der Waals surface area contributed by atoms with Gasteiger partial charge in [-0.1, -0.05) is 18.2 Å². The second-order valence-corrected chi connectivity index (χ2v) is 6.15. The summed E-state index contributed by atoms with van der Waals surface area (Å²) < 4.78 is 27.8. The standard InChI is InChI=1S/C13H21N2O5P/c1-10(2)18-13(16)11(3)15-21(17,20-14-4)19-12-8-6-5-7-9-12/h5-11,14H,1-4H3,(H,15,17)/t11-,21?/m1/s1. The van der Waals surface area contributed by atoms with E-state index in [4.69, 9.17) is 13.9 Å². The van der Waals surface area contributed by atoms with E-state index in [1.54, 1.807) is 44.2 Å². The Morgan fingerprint density at radius 3 is 2.33 bits per heavy atom. The zero-order valence-electron chi connectivity index (χ0n) is 12.5. The van der Waals surface area contributed by atoms with E-state index in [9.17, 15) is 9.36 Å². The average molecular weight is 316 g/mol. The second kappa shape index (κ2) is 8.14. The van der Waals surface area contributed by atoms with Crippen molar-refractivity contribution in [1.29, 1.82) is 0 Å². The van der Waals surface area contributed by atoms with Crippen LogP contribution in [0.15, 0.2) is 30.3 Å². The van der Waals surface area contributed by atoms with E-state index in [2.05, 4.69) is 10.6 Å². The molecule has 0 bridgehead atoms. The molecule has 0 aromatic heterocycles. The fraction of sp³-hybridized carbons (Fsp3) is 0.462. The number of rotatable bonds is 8. The number of hydrogen-bond acceptors (Lipinski definition) is 6. The number of para-hydroxylation sites is 1. The van der Waals surface area contributed by atoms with Crippen LogP contribution in [0.5, 0.6) is 5.75 Å². The van der Waals surface area contributed by atoms with Crippen molar-refractivity contribution >= 4 is 13.7 Å². The predicted molar refractivity (Wildman–Crippen MR) is 78.6 cm³/mol. The summed E-state index contributed by atoms with van der Waals surface area (Å²) in [5, 5.41) is 2.52. The van der Waals surface area contributed by atoms with Gasteiger partial charge in [0.1, 0.15) is 11.8 Å². The van der Waals surface area contributed by atoms with Crippen molar-refractivity contribution in [3.8, 4) is 5.75 Å². The molecule has 0 heterocycles. The summed E-state index contributed by atoms with van der Waals surface area (Å²) in [4.78, 5) is 11.8. The molecule has 118 valence electrons. The van der Waals surface area contributed by atoms with Crippen molar-refractivity contribution < 1.29 is 23.2 Å². The molecule has 21 heavy (non-hydrogen) atoms. The molecular formula is C13H21N2O5P. The van der Waals surface area contributed by atoms with Crippen LogP contribution in [-0.4, -0.2) is 25.2 Å². The fourth-order valence-electron chi connectivity index (χ4n) is 1.44. The Bertz CT molecular complexity index is 495. The summed E-state index contributed by atoms with van der Waals surface area (Å²) in [6, 6.07) is 7.67. The van der Waals surface area contributed by atoms with Gasteiger partial charge in [0, 0.05) is 7.05 Å². The van der Waals surface area contributed by atoms with Gasteiger partial charge in [0.2, 0.25) is 0 Å². The van der Waals surface area contributed by atoms with Crippen LogP contribution >= 0.6 is 7.75 Å². The fourth-order valence-corrected chi connectivity index (χ4v) is 2.80. The molecule has 0 aliphatic rings. The zero-order valence-corrected chi connectivity index (χ0v) is 13.4. The van der Waals surface area contributed by atoms with Gasteiger partial charge in [0.05, 0.1) is 6.10 Å². The van der Waals surface area contributed by atoms with Gasteiger partial charge in [0.15, 0.2) is 0 Å². The van der Waals surface area contributed by atoms with E-state index in [0.717, 1.165) is 0 Å². The van der Waals surface area contributed by atoms with Gasteiger partial charge in [-0.25, -0.2) is 4.57 Å².